The minimum Gasteiger partial charge on any atom is -0.333 e. The maximum Gasteiger partial charge on any atom is 0.419 e. The molecule has 5 nitrogen and oxygen atoms in total. The molecule has 0 aliphatic rings. The van der Waals surface area contributed by atoms with Crippen LogP contribution in [0.1, 0.15) is 11.3 Å². The first-order chi connectivity index (χ1) is 12.7. The molecule has 9 heteroatoms. The van der Waals surface area contributed by atoms with Crippen LogP contribution in [0.3, 0.4) is 0 Å². The monoisotopic (exact) mass is 376 g/mol. The second-order valence-electron chi connectivity index (χ2n) is 6.15. The quantitative estimate of drug-likeness (QED) is 0.476. The van der Waals surface area contributed by atoms with Gasteiger partial charge in [-0.15, -0.1) is 0 Å². The van der Waals surface area contributed by atoms with Crippen LogP contribution in [0.25, 0.3) is 27.6 Å². The second kappa shape index (κ2) is 5.63. The van der Waals surface area contributed by atoms with Gasteiger partial charge < -0.3 is 4.57 Å². The summed E-state index contributed by atoms with van der Waals surface area (Å²) in [5.74, 6) is -1.41. The predicted molar refractivity (Wildman–Crippen MR) is 91.3 cm³/mol. The molecule has 0 saturated heterocycles. The Hall–Kier alpha value is -3.23. The number of hydrogen-bond acceptors (Lipinski definition) is 3. The van der Waals surface area contributed by atoms with E-state index in [4.69, 9.17) is 0 Å². The van der Waals surface area contributed by atoms with Gasteiger partial charge in [0.1, 0.15) is 5.82 Å². The van der Waals surface area contributed by atoms with Gasteiger partial charge in [0.15, 0.2) is 5.52 Å². The molecule has 0 unspecified atom stereocenters. The summed E-state index contributed by atoms with van der Waals surface area (Å²) in [7, 11) is 1.59. The van der Waals surface area contributed by atoms with Crippen LogP contribution in [0.5, 0.6) is 0 Å². The molecule has 0 spiro atoms. The summed E-state index contributed by atoms with van der Waals surface area (Å²) in [6.45, 7) is 1.63. The number of aryl methyl sites for hydroxylation is 2. The number of rotatable bonds is 1. The van der Waals surface area contributed by atoms with Gasteiger partial charge in [-0.25, -0.2) is 9.37 Å². The number of halogens is 4. The second-order valence-corrected chi connectivity index (χ2v) is 6.15. The van der Waals surface area contributed by atoms with E-state index < -0.39 is 23.1 Å². The van der Waals surface area contributed by atoms with Crippen molar-refractivity contribution in [3.05, 3.63) is 64.2 Å². The molecule has 138 valence electrons. The molecular formula is C18H12F4N4O. The Kier molecular flexibility index (Phi) is 3.59. The lowest BCUT2D eigenvalue weighted by atomic mass is 10.1. The molecule has 1 aromatic carbocycles. The van der Waals surface area contributed by atoms with E-state index in [1.54, 1.807) is 26.1 Å². The number of imidazole rings is 1. The normalized spacial score (nSPS) is 12.2. The Labute approximate surface area is 149 Å². The largest absolute Gasteiger partial charge is 0.419 e. The zero-order valence-corrected chi connectivity index (χ0v) is 14.2. The van der Waals surface area contributed by atoms with Crippen LogP contribution < -0.4 is 5.56 Å². The van der Waals surface area contributed by atoms with Gasteiger partial charge >= 0.3 is 6.18 Å². The Morgan fingerprint density at radius 2 is 1.89 bits per heavy atom. The van der Waals surface area contributed by atoms with Gasteiger partial charge in [-0.05, 0) is 31.2 Å². The minimum absolute atomic E-state index is 0.0346. The predicted octanol–water partition coefficient (Wildman–Crippen LogP) is 3.74. The van der Waals surface area contributed by atoms with Crippen LogP contribution >= 0.6 is 0 Å². The van der Waals surface area contributed by atoms with Gasteiger partial charge in [-0.1, -0.05) is 0 Å². The Morgan fingerprint density at radius 3 is 2.56 bits per heavy atom. The highest BCUT2D eigenvalue weighted by Gasteiger charge is 2.35. The summed E-state index contributed by atoms with van der Waals surface area (Å²) >= 11 is 0. The van der Waals surface area contributed by atoms with Crippen molar-refractivity contribution in [3.8, 4) is 5.69 Å². The molecule has 0 aliphatic heterocycles. The maximum absolute atomic E-state index is 14.2. The molecule has 0 saturated carbocycles. The molecule has 3 heterocycles. The van der Waals surface area contributed by atoms with Crippen LogP contribution in [-0.4, -0.2) is 19.1 Å². The van der Waals surface area contributed by atoms with Crippen molar-refractivity contribution in [1.82, 2.24) is 19.1 Å². The third kappa shape index (κ3) is 2.49. The van der Waals surface area contributed by atoms with Crippen LogP contribution in [0.2, 0.25) is 0 Å². The molecule has 4 aromatic rings. The molecule has 27 heavy (non-hydrogen) atoms. The lowest BCUT2D eigenvalue weighted by Gasteiger charge is -2.16. The summed E-state index contributed by atoms with van der Waals surface area (Å²) < 4.78 is 56.6. The van der Waals surface area contributed by atoms with E-state index >= 15 is 0 Å². The van der Waals surface area contributed by atoms with Gasteiger partial charge in [-0.3, -0.25) is 14.3 Å². The van der Waals surface area contributed by atoms with Gasteiger partial charge in [0.05, 0.1) is 34.3 Å². The van der Waals surface area contributed by atoms with E-state index in [2.05, 4.69) is 9.97 Å². The number of fused-ring (bicyclic) bond motifs is 3. The first-order valence-electron chi connectivity index (χ1n) is 7.88. The summed E-state index contributed by atoms with van der Waals surface area (Å²) in [6, 6.07) is 4.58. The van der Waals surface area contributed by atoms with E-state index in [9.17, 15) is 22.4 Å². The molecule has 0 radical (unpaired) electrons. The molecule has 0 fully saturated rings. The van der Waals surface area contributed by atoms with E-state index in [1.807, 2.05) is 0 Å². The fourth-order valence-corrected chi connectivity index (χ4v) is 3.22. The SMILES string of the molecule is Cc1ncccc1-n1c(=O)c2ncn(C)c2c2cc(F)c(C(F)(F)F)cc21. The van der Waals surface area contributed by atoms with E-state index in [-0.39, 0.29) is 21.9 Å². The third-order valence-electron chi connectivity index (χ3n) is 4.45. The van der Waals surface area contributed by atoms with E-state index in [0.29, 0.717) is 17.4 Å². The van der Waals surface area contributed by atoms with Crippen molar-refractivity contribution in [3.63, 3.8) is 0 Å². The Morgan fingerprint density at radius 1 is 1.15 bits per heavy atom. The lowest BCUT2D eigenvalue weighted by molar-refractivity contribution is -0.139. The number of pyridine rings is 2. The summed E-state index contributed by atoms with van der Waals surface area (Å²) in [5.41, 5.74) is -1.07. The standard InChI is InChI=1S/C18H12F4N4O/c1-9-13(4-3-5-23-9)26-14-7-11(18(20,21)22)12(19)6-10(14)16-15(17(26)27)24-8-25(16)2/h3-8H,1-2H3. The van der Waals surface area contributed by atoms with Crippen molar-refractivity contribution in [2.45, 2.75) is 13.1 Å². The smallest absolute Gasteiger partial charge is 0.333 e. The molecule has 0 aliphatic carbocycles. The minimum atomic E-state index is -4.90. The van der Waals surface area contributed by atoms with E-state index in [0.717, 1.165) is 10.6 Å². The van der Waals surface area contributed by atoms with Crippen LogP contribution in [0.15, 0.2) is 41.6 Å². The van der Waals surface area contributed by atoms with E-state index in [1.165, 1.54) is 17.1 Å². The van der Waals surface area contributed by atoms with Crippen molar-refractivity contribution in [2.24, 2.45) is 7.05 Å². The van der Waals surface area contributed by atoms with Crippen LogP contribution in [0, 0.1) is 12.7 Å². The van der Waals surface area contributed by atoms with Gasteiger partial charge in [0.25, 0.3) is 5.56 Å². The van der Waals surface area contributed by atoms with Crippen molar-refractivity contribution >= 4 is 21.9 Å². The van der Waals surface area contributed by atoms with Gasteiger partial charge in [0.2, 0.25) is 0 Å². The van der Waals surface area contributed by atoms with Crippen molar-refractivity contribution in [2.75, 3.05) is 0 Å². The van der Waals surface area contributed by atoms with Crippen molar-refractivity contribution < 1.29 is 17.6 Å². The van der Waals surface area contributed by atoms with Crippen LogP contribution in [-0.2, 0) is 13.2 Å². The van der Waals surface area contributed by atoms with Crippen LogP contribution in [0.4, 0.5) is 17.6 Å². The summed E-state index contributed by atoms with van der Waals surface area (Å²) in [4.78, 5) is 21.2. The first kappa shape index (κ1) is 17.2. The van der Waals surface area contributed by atoms with Gasteiger partial charge in [0, 0.05) is 18.6 Å². The molecule has 0 bridgehead atoms. The molecule has 0 atom stereocenters. The Balaban J connectivity index is 2.29. The topological polar surface area (TPSA) is 52.7 Å². The third-order valence-corrected chi connectivity index (χ3v) is 4.45. The molecule has 3 aromatic heterocycles. The number of benzene rings is 1. The number of alkyl halides is 3. The zero-order valence-electron chi connectivity index (χ0n) is 14.2. The fraction of sp³-hybridized carbons (Fsp3) is 0.167. The highest BCUT2D eigenvalue weighted by molar-refractivity contribution is 6.03. The number of hydrogen-bond donors (Lipinski definition) is 0. The average Bonchev–Trinajstić information content (AvgIpc) is 2.98. The maximum atomic E-state index is 14.2. The molecule has 0 amide bonds. The highest BCUT2D eigenvalue weighted by Crippen LogP contribution is 2.35. The fourth-order valence-electron chi connectivity index (χ4n) is 3.22. The molecule has 4 rings (SSSR count). The number of nitrogens with zero attached hydrogens (tertiary/aromatic N) is 4. The zero-order chi connectivity index (χ0) is 19.5. The lowest BCUT2D eigenvalue weighted by Crippen LogP contribution is -2.21. The highest BCUT2D eigenvalue weighted by atomic mass is 19.4. The summed E-state index contributed by atoms with van der Waals surface area (Å²) in [5, 5.41) is 0.151. The Bertz CT molecular complexity index is 1270. The van der Waals surface area contributed by atoms with Gasteiger partial charge in [-0.2, -0.15) is 13.2 Å². The molecular weight excluding hydrogens is 364 g/mol. The average molecular weight is 376 g/mol. The molecule has 0 N–H and O–H groups in total. The summed E-state index contributed by atoms with van der Waals surface area (Å²) in [6.07, 6.45) is -2.03. The first-order valence-corrected chi connectivity index (χ1v) is 7.88. The van der Waals surface area contributed by atoms with Crippen molar-refractivity contribution in [1.29, 1.82) is 0 Å². The number of aromatic nitrogens is 4.